The first-order valence-corrected chi connectivity index (χ1v) is 18.1. The molecule has 12 rings (SSSR count). The van der Waals surface area contributed by atoms with Gasteiger partial charge >= 0.3 is 0 Å². The molecule has 54 heavy (non-hydrogen) atoms. The van der Waals surface area contributed by atoms with Crippen LogP contribution in [0.2, 0.25) is 0 Å². The smallest absolute Gasteiger partial charge is 0.228 e. The third-order valence-electron chi connectivity index (χ3n) is 10.8. The Labute approximate surface area is 307 Å². The van der Waals surface area contributed by atoms with E-state index in [2.05, 4.69) is 144 Å². The van der Waals surface area contributed by atoms with Crippen molar-refractivity contribution in [2.45, 2.75) is 0 Å². The van der Waals surface area contributed by atoms with Crippen LogP contribution in [0.1, 0.15) is 0 Å². The Hall–Kier alpha value is -7.37. The number of rotatable bonds is 4. The summed E-state index contributed by atoms with van der Waals surface area (Å²) < 4.78 is 19.6. The van der Waals surface area contributed by atoms with Gasteiger partial charge in [-0.2, -0.15) is 0 Å². The predicted octanol–water partition coefficient (Wildman–Crippen LogP) is 14.2. The van der Waals surface area contributed by atoms with E-state index in [1.165, 1.54) is 5.39 Å². The highest BCUT2D eigenvalue weighted by atomic mass is 16.4. The molecule has 9 aromatic carbocycles. The first kappa shape index (κ1) is 29.2. The van der Waals surface area contributed by atoms with Crippen LogP contribution in [0.25, 0.3) is 98.7 Å². The fourth-order valence-electron chi connectivity index (χ4n) is 8.30. The minimum absolute atomic E-state index is 0.564. The van der Waals surface area contributed by atoms with Gasteiger partial charge < -0.3 is 18.2 Å². The minimum atomic E-state index is 0.564. The molecule has 0 aliphatic heterocycles. The van der Waals surface area contributed by atoms with Gasteiger partial charge in [0.05, 0.1) is 0 Å². The maximum Gasteiger partial charge on any atom is 0.228 e. The van der Waals surface area contributed by atoms with Crippen molar-refractivity contribution in [3.63, 3.8) is 0 Å². The van der Waals surface area contributed by atoms with E-state index < -0.39 is 0 Å². The van der Waals surface area contributed by atoms with Crippen LogP contribution in [0, 0.1) is 0 Å². The summed E-state index contributed by atoms with van der Waals surface area (Å²) in [6, 6.07) is 59.2. The van der Waals surface area contributed by atoms with Gasteiger partial charge in [0.2, 0.25) is 5.89 Å². The van der Waals surface area contributed by atoms with Crippen molar-refractivity contribution in [1.82, 2.24) is 4.98 Å². The number of benzene rings is 9. The van der Waals surface area contributed by atoms with Crippen LogP contribution in [0.15, 0.2) is 183 Å². The Morgan fingerprint density at radius 3 is 1.94 bits per heavy atom. The highest BCUT2D eigenvalue weighted by molar-refractivity contribution is 6.16. The fourth-order valence-corrected chi connectivity index (χ4v) is 8.30. The van der Waals surface area contributed by atoms with Crippen molar-refractivity contribution in [1.29, 1.82) is 0 Å². The zero-order valence-electron chi connectivity index (χ0n) is 28.8. The molecule has 0 atom stereocenters. The maximum absolute atomic E-state index is 6.67. The van der Waals surface area contributed by atoms with Crippen molar-refractivity contribution in [2.24, 2.45) is 0 Å². The highest BCUT2D eigenvalue weighted by Crippen LogP contribution is 2.44. The average molecular weight is 693 g/mol. The summed E-state index contributed by atoms with van der Waals surface area (Å²) in [4.78, 5) is 7.36. The number of hydrogen-bond donors (Lipinski definition) is 0. The number of nitrogens with zero attached hydrogens (tertiary/aromatic N) is 2. The number of anilines is 3. The lowest BCUT2D eigenvalue weighted by Crippen LogP contribution is -2.09. The van der Waals surface area contributed by atoms with E-state index >= 15 is 0 Å². The molecule has 0 unspecified atom stereocenters. The Morgan fingerprint density at radius 2 is 1.04 bits per heavy atom. The van der Waals surface area contributed by atoms with Crippen LogP contribution in [0.5, 0.6) is 0 Å². The van der Waals surface area contributed by atoms with E-state index in [4.69, 9.17) is 18.2 Å². The first-order chi connectivity index (χ1) is 26.7. The largest absolute Gasteiger partial charge is 0.456 e. The second-order valence-electron chi connectivity index (χ2n) is 13.9. The van der Waals surface area contributed by atoms with Gasteiger partial charge in [-0.15, -0.1) is 0 Å². The van der Waals surface area contributed by atoms with Crippen molar-refractivity contribution in [3.8, 4) is 11.5 Å². The summed E-state index contributed by atoms with van der Waals surface area (Å²) in [5.74, 6) is 0.564. The molecule has 0 radical (unpaired) electrons. The third kappa shape index (κ3) is 4.30. The lowest BCUT2D eigenvalue weighted by Gasteiger charge is -2.26. The second kappa shape index (κ2) is 11.1. The maximum atomic E-state index is 6.67. The third-order valence-corrected chi connectivity index (χ3v) is 10.8. The molecule has 0 aliphatic rings. The zero-order valence-corrected chi connectivity index (χ0v) is 28.8. The van der Waals surface area contributed by atoms with Crippen molar-refractivity contribution in [3.05, 3.63) is 170 Å². The molecule has 5 nitrogen and oxygen atoms in total. The number of furan rings is 2. The minimum Gasteiger partial charge on any atom is -0.456 e. The Kier molecular flexibility index (Phi) is 5.99. The molecular weight excluding hydrogens is 665 g/mol. The van der Waals surface area contributed by atoms with Crippen LogP contribution in [-0.4, -0.2) is 4.98 Å². The molecule has 5 heteroatoms. The Balaban J connectivity index is 1.08. The van der Waals surface area contributed by atoms with Gasteiger partial charge in [0.25, 0.3) is 0 Å². The normalized spacial score (nSPS) is 12.1. The van der Waals surface area contributed by atoms with E-state index in [1.807, 2.05) is 30.3 Å². The molecule has 3 aromatic heterocycles. The van der Waals surface area contributed by atoms with Crippen LogP contribution in [0.3, 0.4) is 0 Å². The number of aromatic nitrogens is 1. The van der Waals surface area contributed by atoms with E-state index in [9.17, 15) is 0 Å². The molecule has 0 fully saturated rings. The summed E-state index contributed by atoms with van der Waals surface area (Å²) in [5.41, 5.74) is 8.81. The van der Waals surface area contributed by atoms with Crippen LogP contribution in [-0.2, 0) is 0 Å². The Bertz CT molecular complexity index is 3480. The fraction of sp³-hybridized carbons (Fsp3) is 0. The zero-order chi connectivity index (χ0) is 35.3. The van der Waals surface area contributed by atoms with E-state index in [-0.39, 0.29) is 0 Å². The molecule has 0 bridgehead atoms. The van der Waals surface area contributed by atoms with Gasteiger partial charge in [0.15, 0.2) is 5.58 Å². The summed E-state index contributed by atoms with van der Waals surface area (Å²) in [5, 5.41) is 11.0. The molecular formula is C49H28N2O3. The van der Waals surface area contributed by atoms with Crippen LogP contribution >= 0.6 is 0 Å². The molecule has 0 amide bonds. The molecule has 0 N–H and O–H groups in total. The quantitative estimate of drug-likeness (QED) is 0.184. The Morgan fingerprint density at radius 1 is 0.370 bits per heavy atom. The van der Waals surface area contributed by atoms with E-state index in [1.54, 1.807) is 0 Å². The van der Waals surface area contributed by atoms with E-state index in [0.717, 1.165) is 105 Å². The average Bonchev–Trinajstić information content (AvgIpc) is 3.94. The molecule has 3 heterocycles. The number of hydrogen-bond acceptors (Lipinski definition) is 5. The van der Waals surface area contributed by atoms with Crippen molar-refractivity contribution in [2.75, 3.05) is 4.90 Å². The van der Waals surface area contributed by atoms with Crippen LogP contribution in [0.4, 0.5) is 17.1 Å². The van der Waals surface area contributed by atoms with Gasteiger partial charge in [0.1, 0.15) is 27.8 Å². The van der Waals surface area contributed by atoms with Gasteiger partial charge in [-0.25, -0.2) is 4.98 Å². The van der Waals surface area contributed by atoms with Crippen molar-refractivity contribution >= 4 is 104 Å². The molecule has 12 aromatic rings. The lowest BCUT2D eigenvalue weighted by molar-refractivity contribution is 0.620. The standard InChI is InChI=1S/C49H28N2O3/c1-2-11-32-26-33(19-16-29(32)8-1)51(35-20-23-38-39-22-17-31-10-4-6-13-37(31)48(39)53-45(38)28-35)34-21-25-42-41(27-34)46-40(14-7-15-43(46)52-42)49-50-47-36-12-5-3-9-30(36)18-24-44(47)54-49/h1-28H. The topological polar surface area (TPSA) is 55.6 Å². The van der Waals surface area contributed by atoms with Crippen LogP contribution < -0.4 is 4.90 Å². The summed E-state index contributed by atoms with van der Waals surface area (Å²) in [6.07, 6.45) is 0. The SMILES string of the molecule is c1ccc2cc(N(c3ccc4c(c3)oc3c5ccccc5ccc43)c3ccc4oc5cccc(-c6nc7c(ccc8ccccc87)o6)c5c4c3)ccc2c1. The molecule has 0 aliphatic carbocycles. The number of oxazole rings is 1. The summed E-state index contributed by atoms with van der Waals surface area (Å²) >= 11 is 0. The summed E-state index contributed by atoms with van der Waals surface area (Å²) in [7, 11) is 0. The number of fused-ring (bicyclic) bond motifs is 12. The lowest BCUT2D eigenvalue weighted by atomic mass is 10.0. The molecule has 0 saturated heterocycles. The highest BCUT2D eigenvalue weighted by Gasteiger charge is 2.21. The molecule has 252 valence electrons. The van der Waals surface area contributed by atoms with E-state index in [0.29, 0.717) is 5.89 Å². The van der Waals surface area contributed by atoms with Gasteiger partial charge in [0, 0.05) is 61.0 Å². The van der Waals surface area contributed by atoms with Gasteiger partial charge in [-0.3, -0.25) is 0 Å². The van der Waals surface area contributed by atoms with Crippen molar-refractivity contribution < 1.29 is 13.3 Å². The predicted molar refractivity (Wildman–Crippen MR) is 221 cm³/mol. The van der Waals surface area contributed by atoms with Gasteiger partial charge in [-0.1, -0.05) is 97.1 Å². The monoisotopic (exact) mass is 692 g/mol. The molecule has 0 spiro atoms. The summed E-state index contributed by atoms with van der Waals surface area (Å²) in [6.45, 7) is 0. The van der Waals surface area contributed by atoms with Gasteiger partial charge in [-0.05, 0) is 88.3 Å². The molecule has 0 saturated carbocycles. The first-order valence-electron chi connectivity index (χ1n) is 18.1. The second-order valence-corrected chi connectivity index (χ2v) is 13.9.